The first-order valence-corrected chi connectivity index (χ1v) is 6.35. The number of rotatable bonds is 3. The van der Waals surface area contributed by atoms with Gasteiger partial charge in [-0.3, -0.25) is 4.79 Å². The summed E-state index contributed by atoms with van der Waals surface area (Å²) in [6, 6.07) is 7.95. The average Bonchev–Trinajstić information content (AvgIpc) is 2.35. The van der Waals surface area contributed by atoms with Crippen LogP contribution in [-0.2, 0) is 13.6 Å². The van der Waals surface area contributed by atoms with Crippen molar-refractivity contribution in [2.24, 2.45) is 7.05 Å². The predicted molar refractivity (Wildman–Crippen MR) is 75.7 cm³/mol. The standard InChI is InChI=1S/C13H14BrN3O/c1-16-8-7-15-12(13(16)18)17(2)9-10-5-3-4-6-11(10)14/h3-8H,9H2,1-2H3. The maximum Gasteiger partial charge on any atom is 0.293 e. The molecule has 94 valence electrons. The highest BCUT2D eigenvalue weighted by Crippen LogP contribution is 2.18. The van der Waals surface area contributed by atoms with Crippen LogP contribution in [0.15, 0.2) is 45.9 Å². The highest BCUT2D eigenvalue weighted by atomic mass is 79.9. The lowest BCUT2D eigenvalue weighted by Gasteiger charge is -2.18. The Balaban J connectivity index is 2.28. The summed E-state index contributed by atoms with van der Waals surface area (Å²) < 4.78 is 2.56. The van der Waals surface area contributed by atoms with Crippen molar-refractivity contribution in [1.29, 1.82) is 0 Å². The molecule has 0 saturated heterocycles. The zero-order chi connectivity index (χ0) is 13.1. The number of nitrogens with zero attached hydrogens (tertiary/aromatic N) is 3. The van der Waals surface area contributed by atoms with Crippen LogP contribution in [-0.4, -0.2) is 16.6 Å². The van der Waals surface area contributed by atoms with Crippen LogP contribution in [0, 0.1) is 0 Å². The lowest BCUT2D eigenvalue weighted by atomic mass is 10.2. The second-order valence-electron chi connectivity index (χ2n) is 4.11. The molecule has 0 unspecified atom stereocenters. The Morgan fingerprint density at radius 2 is 2.11 bits per heavy atom. The van der Waals surface area contributed by atoms with Crippen molar-refractivity contribution in [2.75, 3.05) is 11.9 Å². The van der Waals surface area contributed by atoms with Gasteiger partial charge in [-0.2, -0.15) is 0 Å². The van der Waals surface area contributed by atoms with E-state index in [0.29, 0.717) is 12.4 Å². The van der Waals surface area contributed by atoms with E-state index in [4.69, 9.17) is 0 Å². The van der Waals surface area contributed by atoms with E-state index in [2.05, 4.69) is 20.9 Å². The maximum atomic E-state index is 11.9. The van der Waals surface area contributed by atoms with E-state index in [0.717, 1.165) is 10.0 Å². The van der Waals surface area contributed by atoms with E-state index in [1.165, 1.54) is 4.57 Å². The molecular formula is C13H14BrN3O. The van der Waals surface area contributed by atoms with Gasteiger partial charge in [0.15, 0.2) is 5.82 Å². The lowest BCUT2D eigenvalue weighted by Crippen LogP contribution is -2.29. The van der Waals surface area contributed by atoms with E-state index < -0.39 is 0 Å². The Bertz CT molecular complexity index is 609. The number of aryl methyl sites for hydroxylation is 1. The molecule has 0 amide bonds. The summed E-state index contributed by atoms with van der Waals surface area (Å²) >= 11 is 3.50. The van der Waals surface area contributed by atoms with Crippen LogP contribution in [0.4, 0.5) is 5.82 Å². The summed E-state index contributed by atoms with van der Waals surface area (Å²) in [7, 11) is 3.59. The molecule has 2 rings (SSSR count). The Hall–Kier alpha value is -1.62. The highest BCUT2D eigenvalue weighted by Gasteiger charge is 2.10. The van der Waals surface area contributed by atoms with Gasteiger partial charge in [-0.25, -0.2) is 4.98 Å². The molecule has 0 fully saturated rings. The molecule has 0 spiro atoms. The van der Waals surface area contributed by atoms with Crippen molar-refractivity contribution in [3.8, 4) is 0 Å². The smallest absolute Gasteiger partial charge is 0.293 e. The maximum absolute atomic E-state index is 11.9. The van der Waals surface area contributed by atoms with Gasteiger partial charge >= 0.3 is 0 Å². The number of benzene rings is 1. The number of anilines is 1. The Morgan fingerprint density at radius 1 is 1.39 bits per heavy atom. The molecule has 0 radical (unpaired) electrons. The largest absolute Gasteiger partial charge is 0.351 e. The molecule has 0 aliphatic rings. The SMILES string of the molecule is CN(Cc1ccccc1Br)c1nccn(C)c1=O. The van der Waals surface area contributed by atoms with Gasteiger partial charge in [0.1, 0.15) is 0 Å². The van der Waals surface area contributed by atoms with Gasteiger partial charge in [0.05, 0.1) is 0 Å². The fourth-order valence-electron chi connectivity index (χ4n) is 1.70. The third-order valence-electron chi connectivity index (χ3n) is 2.73. The monoisotopic (exact) mass is 307 g/mol. The first kappa shape index (κ1) is 12.8. The number of hydrogen-bond donors (Lipinski definition) is 0. The topological polar surface area (TPSA) is 38.1 Å². The molecule has 0 N–H and O–H groups in total. The van der Waals surface area contributed by atoms with E-state index >= 15 is 0 Å². The summed E-state index contributed by atoms with van der Waals surface area (Å²) in [5, 5.41) is 0. The number of halogens is 1. The Kier molecular flexibility index (Phi) is 3.81. The van der Waals surface area contributed by atoms with Crippen LogP contribution < -0.4 is 10.5 Å². The van der Waals surface area contributed by atoms with Crippen LogP contribution in [0.5, 0.6) is 0 Å². The van der Waals surface area contributed by atoms with Gasteiger partial charge in [-0.15, -0.1) is 0 Å². The molecule has 0 saturated carbocycles. The fraction of sp³-hybridized carbons (Fsp3) is 0.231. The summed E-state index contributed by atoms with van der Waals surface area (Å²) in [6.07, 6.45) is 3.28. The minimum Gasteiger partial charge on any atom is -0.351 e. The van der Waals surface area contributed by atoms with Gasteiger partial charge in [-0.05, 0) is 11.6 Å². The summed E-state index contributed by atoms with van der Waals surface area (Å²) in [5.74, 6) is 0.454. The second kappa shape index (κ2) is 5.35. The molecule has 2 aromatic rings. The first-order valence-electron chi connectivity index (χ1n) is 5.56. The molecule has 0 atom stereocenters. The van der Waals surface area contributed by atoms with Crippen LogP contribution in [0.25, 0.3) is 0 Å². The zero-order valence-corrected chi connectivity index (χ0v) is 11.9. The van der Waals surface area contributed by atoms with Gasteiger partial charge in [0, 0.05) is 37.5 Å². The molecule has 18 heavy (non-hydrogen) atoms. The summed E-state index contributed by atoms with van der Waals surface area (Å²) in [6.45, 7) is 0.633. The van der Waals surface area contributed by atoms with Crippen molar-refractivity contribution in [3.05, 3.63) is 57.0 Å². The van der Waals surface area contributed by atoms with Crippen LogP contribution in [0.2, 0.25) is 0 Å². The number of aromatic nitrogens is 2. The molecule has 4 nitrogen and oxygen atoms in total. The second-order valence-corrected chi connectivity index (χ2v) is 4.97. The van der Waals surface area contributed by atoms with E-state index in [1.54, 1.807) is 19.4 Å². The van der Waals surface area contributed by atoms with Crippen molar-refractivity contribution < 1.29 is 0 Å². The molecule has 5 heteroatoms. The van der Waals surface area contributed by atoms with E-state index in [1.807, 2.05) is 36.2 Å². The van der Waals surface area contributed by atoms with Crippen molar-refractivity contribution in [1.82, 2.24) is 9.55 Å². The quantitative estimate of drug-likeness (QED) is 0.872. The van der Waals surface area contributed by atoms with Gasteiger partial charge in [0.25, 0.3) is 5.56 Å². The molecule has 0 aliphatic heterocycles. The Morgan fingerprint density at radius 3 is 2.83 bits per heavy atom. The lowest BCUT2D eigenvalue weighted by molar-refractivity contribution is 0.801. The minimum absolute atomic E-state index is 0.0907. The molecule has 0 aliphatic carbocycles. The van der Waals surface area contributed by atoms with Crippen molar-refractivity contribution in [2.45, 2.75) is 6.54 Å². The number of hydrogen-bond acceptors (Lipinski definition) is 3. The van der Waals surface area contributed by atoms with Crippen molar-refractivity contribution >= 4 is 21.7 Å². The van der Waals surface area contributed by atoms with Crippen LogP contribution in [0.1, 0.15) is 5.56 Å². The first-order chi connectivity index (χ1) is 8.59. The summed E-state index contributed by atoms with van der Waals surface area (Å²) in [4.78, 5) is 17.9. The molecule has 1 aromatic carbocycles. The van der Waals surface area contributed by atoms with E-state index in [9.17, 15) is 4.79 Å². The highest BCUT2D eigenvalue weighted by molar-refractivity contribution is 9.10. The van der Waals surface area contributed by atoms with Crippen molar-refractivity contribution in [3.63, 3.8) is 0 Å². The third kappa shape index (κ3) is 2.61. The fourth-order valence-corrected chi connectivity index (χ4v) is 2.11. The van der Waals surface area contributed by atoms with Gasteiger partial charge in [-0.1, -0.05) is 34.1 Å². The minimum atomic E-state index is -0.0907. The predicted octanol–water partition coefficient (Wildman–Crippen LogP) is 2.18. The third-order valence-corrected chi connectivity index (χ3v) is 3.50. The molecular weight excluding hydrogens is 294 g/mol. The molecule has 1 heterocycles. The molecule has 0 bridgehead atoms. The van der Waals surface area contributed by atoms with Crippen LogP contribution in [0.3, 0.4) is 0 Å². The normalized spacial score (nSPS) is 10.4. The van der Waals surface area contributed by atoms with Gasteiger partial charge < -0.3 is 9.47 Å². The summed E-state index contributed by atoms with van der Waals surface area (Å²) in [5.41, 5.74) is 1.03. The van der Waals surface area contributed by atoms with Crippen LogP contribution >= 0.6 is 15.9 Å². The Labute approximate surface area is 114 Å². The average molecular weight is 308 g/mol. The molecule has 1 aromatic heterocycles. The zero-order valence-electron chi connectivity index (χ0n) is 10.3. The van der Waals surface area contributed by atoms with E-state index in [-0.39, 0.29) is 5.56 Å². The van der Waals surface area contributed by atoms with Gasteiger partial charge in [0.2, 0.25) is 0 Å².